The van der Waals surface area contributed by atoms with Gasteiger partial charge in [0.25, 0.3) is 0 Å². The zero-order valence-electron chi connectivity index (χ0n) is 19.9. The first-order chi connectivity index (χ1) is 17.5. The maximum atomic E-state index is 13.5. The van der Waals surface area contributed by atoms with Gasteiger partial charge >= 0.3 is 11.9 Å². The molecule has 2 aromatic carbocycles. The maximum Gasteiger partial charge on any atom is 0.303 e. The Balaban J connectivity index is 1.83. The third-order valence-electron chi connectivity index (χ3n) is 5.64. The second-order valence-corrected chi connectivity index (χ2v) is 8.44. The van der Waals surface area contributed by atoms with E-state index in [-0.39, 0.29) is 33.8 Å². The number of aliphatic hydroxyl groups is 1. The van der Waals surface area contributed by atoms with Crippen LogP contribution in [0.5, 0.6) is 23.0 Å². The number of esters is 2. The number of hydrogen-bond donors (Lipinski definition) is 4. The predicted molar refractivity (Wildman–Crippen MR) is 125 cm³/mol. The van der Waals surface area contributed by atoms with E-state index in [9.17, 15) is 34.8 Å². The lowest BCUT2D eigenvalue weighted by molar-refractivity contribution is -0.276. The fraction of sp³-hybridized carbons (Fsp3) is 0.320. The molecule has 1 fully saturated rings. The molecule has 12 nitrogen and oxygen atoms in total. The molecule has 1 aromatic heterocycles. The molecule has 5 atom stereocenters. The zero-order valence-corrected chi connectivity index (χ0v) is 19.9. The average molecular weight is 516 g/mol. The van der Waals surface area contributed by atoms with Crippen LogP contribution in [0.1, 0.15) is 20.8 Å². The molecule has 0 spiro atoms. The maximum absolute atomic E-state index is 13.5. The van der Waals surface area contributed by atoms with Crippen LogP contribution in [0.2, 0.25) is 0 Å². The molecule has 2 heterocycles. The van der Waals surface area contributed by atoms with Gasteiger partial charge in [0.05, 0.1) is 6.10 Å². The van der Waals surface area contributed by atoms with Crippen LogP contribution in [0, 0.1) is 0 Å². The minimum absolute atomic E-state index is 0.0646. The van der Waals surface area contributed by atoms with Gasteiger partial charge < -0.3 is 43.8 Å². The van der Waals surface area contributed by atoms with Crippen LogP contribution < -0.4 is 10.2 Å². The molecule has 0 radical (unpaired) electrons. The van der Waals surface area contributed by atoms with E-state index in [0.29, 0.717) is 0 Å². The van der Waals surface area contributed by atoms with Gasteiger partial charge in [-0.2, -0.15) is 0 Å². The number of ether oxygens (including phenoxy) is 4. The second kappa shape index (κ2) is 9.99. The molecule has 0 amide bonds. The molecule has 12 heteroatoms. The molecule has 1 saturated heterocycles. The highest BCUT2D eigenvalue weighted by Gasteiger charge is 2.49. The van der Waals surface area contributed by atoms with Crippen molar-refractivity contribution in [2.75, 3.05) is 0 Å². The Morgan fingerprint density at radius 2 is 1.54 bits per heavy atom. The lowest BCUT2D eigenvalue weighted by atomic mass is 9.99. The molecule has 0 unspecified atom stereocenters. The highest BCUT2D eigenvalue weighted by Crippen LogP contribution is 2.37. The molecule has 0 bridgehead atoms. The van der Waals surface area contributed by atoms with Crippen molar-refractivity contribution in [3.63, 3.8) is 0 Å². The topological polar surface area (TPSA) is 182 Å². The van der Waals surface area contributed by atoms with E-state index < -0.39 is 59.6 Å². The minimum atomic E-state index is -1.72. The van der Waals surface area contributed by atoms with Crippen LogP contribution in [-0.2, 0) is 23.8 Å². The Bertz CT molecular complexity index is 1390. The number of phenols is 3. The molecule has 0 saturated carbocycles. The number of phenolic OH excluding ortho intramolecular Hbond substituents is 3. The van der Waals surface area contributed by atoms with Gasteiger partial charge in [-0.15, -0.1) is 0 Å². The molecule has 196 valence electrons. The first-order valence-electron chi connectivity index (χ1n) is 11.1. The zero-order chi connectivity index (χ0) is 27.0. The third kappa shape index (κ3) is 5.15. The Morgan fingerprint density at radius 1 is 0.919 bits per heavy atom. The Morgan fingerprint density at radius 3 is 2.16 bits per heavy atom. The number of aliphatic hydroxyl groups excluding tert-OH is 1. The van der Waals surface area contributed by atoms with Gasteiger partial charge in [0.1, 0.15) is 28.2 Å². The van der Waals surface area contributed by atoms with E-state index in [4.69, 9.17) is 23.4 Å². The van der Waals surface area contributed by atoms with Gasteiger partial charge in [0.15, 0.2) is 24.1 Å². The molecule has 0 aliphatic carbocycles. The molecule has 1 aliphatic rings. The van der Waals surface area contributed by atoms with Crippen LogP contribution in [0.15, 0.2) is 45.6 Å². The Hall–Kier alpha value is -4.29. The largest absolute Gasteiger partial charge is 0.508 e. The smallest absolute Gasteiger partial charge is 0.303 e. The normalized spacial score (nSPS) is 23.4. The number of aromatic hydroxyl groups is 3. The lowest BCUT2D eigenvalue weighted by Gasteiger charge is -2.41. The summed E-state index contributed by atoms with van der Waals surface area (Å²) in [5.41, 5.74) is -0.761. The summed E-state index contributed by atoms with van der Waals surface area (Å²) in [5, 5.41) is 40.5. The highest BCUT2D eigenvalue weighted by atomic mass is 16.7. The van der Waals surface area contributed by atoms with Crippen molar-refractivity contribution in [3.05, 3.63) is 46.6 Å². The fourth-order valence-corrected chi connectivity index (χ4v) is 4.06. The van der Waals surface area contributed by atoms with Crippen molar-refractivity contribution in [2.45, 2.75) is 51.5 Å². The first-order valence-corrected chi connectivity index (χ1v) is 11.1. The van der Waals surface area contributed by atoms with Gasteiger partial charge in [-0.3, -0.25) is 14.4 Å². The van der Waals surface area contributed by atoms with E-state index >= 15 is 0 Å². The molecule has 37 heavy (non-hydrogen) atoms. The summed E-state index contributed by atoms with van der Waals surface area (Å²) in [5.74, 6) is -3.14. The number of benzene rings is 2. The number of carbonyl (C=O) groups excluding carboxylic acids is 2. The fourth-order valence-electron chi connectivity index (χ4n) is 4.06. The number of hydrogen-bond acceptors (Lipinski definition) is 12. The summed E-state index contributed by atoms with van der Waals surface area (Å²) < 4.78 is 27.7. The van der Waals surface area contributed by atoms with Crippen LogP contribution in [0.3, 0.4) is 0 Å². The van der Waals surface area contributed by atoms with Crippen LogP contribution >= 0.6 is 0 Å². The standard InChI is InChI=1S/C25H24O12/c1-10-21(34-11(2)26)24(35-12(3)27)20(32)25(33-10)37-23-19(31)18-16(30)8-15(29)9-17(18)36-22(23)13-4-6-14(28)7-5-13/h4-10,20-21,24-25,28-30,32H,1-3H3/t10-,20+,21-,24-,25-/m0/s1. The van der Waals surface area contributed by atoms with Crippen LogP contribution in [0.4, 0.5) is 0 Å². The van der Waals surface area contributed by atoms with Crippen LogP contribution in [0.25, 0.3) is 22.3 Å². The Kier molecular flexibility index (Phi) is 6.96. The van der Waals surface area contributed by atoms with E-state index in [1.807, 2.05) is 0 Å². The van der Waals surface area contributed by atoms with E-state index in [0.717, 1.165) is 26.0 Å². The predicted octanol–water partition coefficient (Wildman–Crippen LogP) is 1.92. The first kappa shape index (κ1) is 25.8. The summed E-state index contributed by atoms with van der Waals surface area (Å²) in [4.78, 5) is 36.8. The molecule has 4 rings (SSSR count). The molecule has 1 aliphatic heterocycles. The van der Waals surface area contributed by atoms with Crippen molar-refractivity contribution >= 4 is 22.9 Å². The molecule has 3 aromatic rings. The van der Waals surface area contributed by atoms with E-state index in [2.05, 4.69) is 0 Å². The summed E-state index contributed by atoms with van der Waals surface area (Å²) >= 11 is 0. The molecular weight excluding hydrogens is 492 g/mol. The van der Waals surface area contributed by atoms with Gasteiger partial charge in [0, 0.05) is 31.5 Å². The quantitative estimate of drug-likeness (QED) is 0.362. The monoisotopic (exact) mass is 516 g/mol. The number of rotatable bonds is 5. The van der Waals surface area contributed by atoms with Gasteiger partial charge in [-0.05, 0) is 31.2 Å². The summed E-state index contributed by atoms with van der Waals surface area (Å²) in [6.07, 6.45) is -6.85. The van der Waals surface area contributed by atoms with E-state index in [1.165, 1.54) is 31.2 Å². The van der Waals surface area contributed by atoms with Crippen molar-refractivity contribution in [1.82, 2.24) is 0 Å². The average Bonchev–Trinajstić information content (AvgIpc) is 2.80. The molecule has 4 N–H and O–H groups in total. The van der Waals surface area contributed by atoms with Crippen molar-refractivity contribution < 1.29 is 53.4 Å². The van der Waals surface area contributed by atoms with Crippen LogP contribution in [-0.4, -0.2) is 63.1 Å². The van der Waals surface area contributed by atoms with E-state index in [1.54, 1.807) is 0 Å². The van der Waals surface area contributed by atoms with Gasteiger partial charge in [-0.25, -0.2) is 0 Å². The summed E-state index contributed by atoms with van der Waals surface area (Å²) in [6, 6.07) is 7.58. The summed E-state index contributed by atoms with van der Waals surface area (Å²) in [6.45, 7) is 3.73. The minimum Gasteiger partial charge on any atom is -0.508 e. The summed E-state index contributed by atoms with van der Waals surface area (Å²) in [7, 11) is 0. The van der Waals surface area contributed by atoms with Gasteiger partial charge in [-0.1, -0.05) is 0 Å². The molecular formula is C25H24O12. The van der Waals surface area contributed by atoms with Gasteiger partial charge in [0.2, 0.25) is 17.5 Å². The van der Waals surface area contributed by atoms with Crippen molar-refractivity contribution in [1.29, 1.82) is 0 Å². The second-order valence-electron chi connectivity index (χ2n) is 8.44. The van der Waals surface area contributed by atoms with Crippen molar-refractivity contribution in [2.24, 2.45) is 0 Å². The SMILES string of the molecule is CC(=O)O[C@@H]1[C@@H](OC(C)=O)[C@@H](O)[C@H](Oc2c(-c3ccc(O)cc3)oc3cc(O)cc(O)c3c2=O)O[C@H]1C. The number of carbonyl (C=O) groups is 2. The highest BCUT2D eigenvalue weighted by molar-refractivity contribution is 5.88. The van der Waals surface area contributed by atoms with Crippen molar-refractivity contribution in [3.8, 4) is 34.3 Å². The Labute approximate surface area is 209 Å². The lowest BCUT2D eigenvalue weighted by Crippen LogP contribution is -2.61. The number of fused-ring (bicyclic) bond motifs is 1. The third-order valence-corrected chi connectivity index (χ3v) is 5.64.